The maximum atomic E-state index is 12.9. The lowest BCUT2D eigenvalue weighted by Crippen LogP contribution is -2.49. The van der Waals surface area contributed by atoms with Crippen LogP contribution in [0.1, 0.15) is 36.0 Å². The first-order chi connectivity index (χ1) is 15.8. The summed E-state index contributed by atoms with van der Waals surface area (Å²) < 4.78 is 11.3. The maximum absolute atomic E-state index is 12.9. The van der Waals surface area contributed by atoms with Crippen LogP contribution in [-0.2, 0) is 4.74 Å². The number of hydrogen-bond donors (Lipinski definition) is 0. The largest absolute Gasteiger partial charge is 0.474 e. The number of carbonyl (C=O) groups is 1. The Morgan fingerprint density at radius 1 is 0.969 bits per heavy atom. The Bertz CT molecular complexity index is 904. The van der Waals surface area contributed by atoms with Crippen molar-refractivity contribution in [2.45, 2.75) is 31.8 Å². The molecule has 0 atom stereocenters. The van der Waals surface area contributed by atoms with Gasteiger partial charge in [0, 0.05) is 57.6 Å². The third kappa shape index (κ3) is 4.77. The Morgan fingerprint density at radius 3 is 2.47 bits per heavy atom. The number of pyridine rings is 1. The summed E-state index contributed by atoms with van der Waals surface area (Å²) in [5.41, 5.74) is 1.65. The minimum absolute atomic E-state index is 0.0198. The summed E-state index contributed by atoms with van der Waals surface area (Å²) in [4.78, 5) is 23.7. The zero-order valence-electron chi connectivity index (χ0n) is 18.4. The molecule has 2 aromatic heterocycles. The quantitative estimate of drug-likeness (QED) is 0.701. The summed E-state index contributed by atoms with van der Waals surface area (Å²) in [6.07, 6.45) is 8.33. The molecule has 2 aromatic rings. The van der Waals surface area contributed by atoms with Crippen molar-refractivity contribution in [2.75, 3.05) is 62.3 Å². The summed E-state index contributed by atoms with van der Waals surface area (Å²) >= 11 is 0. The average molecular weight is 439 g/mol. The molecule has 0 bridgehead atoms. The van der Waals surface area contributed by atoms with Crippen LogP contribution in [-0.4, -0.2) is 84.6 Å². The van der Waals surface area contributed by atoms with Crippen LogP contribution in [0.3, 0.4) is 0 Å². The van der Waals surface area contributed by atoms with Crippen molar-refractivity contribution >= 4 is 17.4 Å². The van der Waals surface area contributed by atoms with E-state index in [4.69, 9.17) is 9.47 Å². The van der Waals surface area contributed by atoms with Crippen molar-refractivity contribution in [3.05, 3.63) is 36.2 Å². The SMILES string of the molecule is O=C(c1ccc(OC2CCCC2)nc1)N1CCN(c2cnnc(N3CCOCC3)c2)CC1. The van der Waals surface area contributed by atoms with Gasteiger partial charge in [0.05, 0.1) is 30.7 Å². The van der Waals surface area contributed by atoms with Gasteiger partial charge in [-0.3, -0.25) is 4.79 Å². The third-order valence-corrected chi connectivity index (χ3v) is 6.47. The normalized spacial score (nSPS) is 19.9. The van der Waals surface area contributed by atoms with Crippen molar-refractivity contribution < 1.29 is 14.3 Å². The van der Waals surface area contributed by atoms with Crippen LogP contribution in [0.5, 0.6) is 5.88 Å². The molecular formula is C23H30N6O3. The molecule has 0 unspecified atom stereocenters. The van der Waals surface area contributed by atoms with Gasteiger partial charge < -0.3 is 24.2 Å². The molecular weight excluding hydrogens is 408 g/mol. The molecule has 9 heteroatoms. The highest BCUT2D eigenvalue weighted by Gasteiger charge is 2.24. The number of hydrogen-bond acceptors (Lipinski definition) is 8. The Morgan fingerprint density at radius 2 is 1.75 bits per heavy atom. The second-order valence-electron chi connectivity index (χ2n) is 8.56. The summed E-state index contributed by atoms with van der Waals surface area (Å²) in [6, 6.07) is 5.73. The van der Waals surface area contributed by atoms with E-state index < -0.39 is 0 Å². The van der Waals surface area contributed by atoms with Crippen LogP contribution in [0.2, 0.25) is 0 Å². The lowest BCUT2D eigenvalue weighted by molar-refractivity contribution is 0.0746. The predicted molar refractivity (Wildman–Crippen MR) is 120 cm³/mol. The van der Waals surface area contributed by atoms with E-state index in [1.54, 1.807) is 12.4 Å². The number of aromatic nitrogens is 3. The van der Waals surface area contributed by atoms with E-state index in [0.29, 0.717) is 24.5 Å². The van der Waals surface area contributed by atoms with Gasteiger partial charge in [0.25, 0.3) is 5.91 Å². The summed E-state index contributed by atoms with van der Waals surface area (Å²) in [5.74, 6) is 1.52. The Labute approximate surface area is 188 Å². The van der Waals surface area contributed by atoms with Gasteiger partial charge >= 0.3 is 0 Å². The summed E-state index contributed by atoms with van der Waals surface area (Å²) in [5, 5.41) is 8.50. The lowest BCUT2D eigenvalue weighted by atomic mass is 10.2. The second-order valence-corrected chi connectivity index (χ2v) is 8.56. The number of anilines is 2. The van der Waals surface area contributed by atoms with E-state index in [2.05, 4.69) is 31.0 Å². The molecule has 5 rings (SSSR count). The fraction of sp³-hybridized carbons (Fsp3) is 0.565. The van der Waals surface area contributed by atoms with Gasteiger partial charge in [-0.2, -0.15) is 5.10 Å². The summed E-state index contributed by atoms with van der Waals surface area (Å²) in [6.45, 7) is 5.94. The molecule has 0 radical (unpaired) electrons. The van der Waals surface area contributed by atoms with E-state index in [9.17, 15) is 4.79 Å². The van der Waals surface area contributed by atoms with E-state index in [1.807, 2.05) is 17.0 Å². The molecule has 3 aliphatic rings. The second kappa shape index (κ2) is 9.68. The Kier molecular flexibility index (Phi) is 6.34. The van der Waals surface area contributed by atoms with Gasteiger partial charge in [-0.1, -0.05) is 0 Å². The highest BCUT2D eigenvalue weighted by atomic mass is 16.5. The first kappa shape index (κ1) is 20.9. The van der Waals surface area contributed by atoms with Gasteiger partial charge in [0.15, 0.2) is 5.82 Å². The molecule has 3 fully saturated rings. The van der Waals surface area contributed by atoms with Crippen molar-refractivity contribution in [2.24, 2.45) is 0 Å². The smallest absolute Gasteiger partial charge is 0.255 e. The molecule has 4 heterocycles. The van der Waals surface area contributed by atoms with Gasteiger partial charge in [-0.25, -0.2) is 4.98 Å². The van der Waals surface area contributed by atoms with E-state index in [0.717, 1.165) is 63.7 Å². The van der Waals surface area contributed by atoms with Gasteiger partial charge in [0.2, 0.25) is 5.88 Å². The van der Waals surface area contributed by atoms with E-state index in [-0.39, 0.29) is 12.0 Å². The molecule has 1 aliphatic carbocycles. The van der Waals surface area contributed by atoms with Crippen LogP contribution in [0.4, 0.5) is 11.5 Å². The van der Waals surface area contributed by atoms with Crippen molar-refractivity contribution in [1.82, 2.24) is 20.1 Å². The molecule has 2 aliphatic heterocycles. The predicted octanol–water partition coefficient (Wildman–Crippen LogP) is 1.99. The molecule has 1 amide bonds. The number of amides is 1. The van der Waals surface area contributed by atoms with Gasteiger partial charge in [-0.05, 0) is 31.7 Å². The van der Waals surface area contributed by atoms with Crippen LogP contribution in [0, 0.1) is 0 Å². The Hall–Kier alpha value is -2.94. The fourth-order valence-corrected chi connectivity index (χ4v) is 4.57. The average Bonchev–Trinajstić information content (AvgIpc) is 3.38. The molecule has 32 heavy (non-hydrogen) atoms. The zero-order chi connectivity index (χ0) is 21.8. The topological polar surface area (TPSA) is 83.9 Å². The number of piperazine rings is 1. The van der Waals surface area contributed by atoms with Crippen molar-refractivity contribution in [3.8, 4) is 5.88 Å². The van der Waals surface area contributed by atoms with Crippen LogP contribution < -0.4 is 14.5 Å². The number of rotatable bonds is 5. The summed E-state index contributed by atoms with van der Waals surface area (Å²) in [7, 11) is 0. The van der Waals surface area contributed by atoms with Gasteiger partial charge in [0.1, 0.15) is 6.10 Å². The first-order valence-corrected chi connectivity index (χ1v) is 11.6. The molecule has 2 saturated heterocycles. The standard InChI is InChI=1S/C23H30N6O3/c30-23(18-5-6-22(24-16-18)32-20-3-1-2-4-20)29-9-7-27(8-10-29)19-15-21(26-25-17-19)28-11-13-31-14-12-28/h5-6,15-17,20H,1-4,7-14H2. The molecule has 0 spiro atoms. The number of ether oxygens (including phenoxy) is 2. The third-order valence-electron chi connectivity index (χ3n) is 6.47. The van der Waals surface area contributed by atoms with E-state index >= 15 is 0 Å². The lowest BCUT2D eigenvalue weighted by Gasteiger charge is -2.36. The first-order valence-electron chi connectivity index (χ1n) is 11.6. The molecule has 0 N–H and O–H groups in total. The fourth-order valence-electron chi connectivity index (χ4n) is 4.57. The van der Waals surface area contributed by atoms with Crippen LogP contribution in [0.15, 0.2) is 30.6 Å². The minimum atomic E-state index is 0.0198. The molecule has 1 saturated carbocycles. The number of morpholine rings is 1. The number of carbonyl (C=O) groups excluding carboxylic acids is 1. The monoisotopic (exact) mass is 438 g/mol. The van der Waals surface area contributed by atoms with Crippen LogP contribution >= 0.6 is 0 Å². The van der Waals surface area contributed by atoms with E-state index in [1.165, 1.54) is 12.8 Å². The Balaban J connectivity index is 1.16. The number of nitrogens with zero attached hydrogens (tertiary/aromatic N) is 6. The van der Waals surface area contributed by atoms with Gasteiger partial charge in [-0.15, -0.1) is 5.10 Å². The molecule has 9 nitrogen and oxygen atoms in total. The van der Waals surface area contributed by atoms with Crippen LogP contribution in [0.25, 0.3) is 0 Å². The minimum Gasteiger partial charge on any atom is -0.474 e. The highest BCUT2D eigenvalue weighted by Crippen LogP contribution is 2.24. The highest BCUT2D eigenvalue weighted by molar-refractivity contribution is 5.94. The maximum Gasteiger partial charge on any atom is 0.255 e. The molecule has 170 valence electrons. The van der Waals surface area contributed by atoms with Crippen molar-refractivity contribution in [1.29, 1.82) is 0 Å². The molecule has 0 aromatic carbocycles. The zero-order valence-corrected chi connectivity index (χ0v) is 18.4. The van der Waals surface area contributed by atoms with Crippen molar-refractivity contribution in [3.63, 3.8) is 0 Å².